The largest absolute Gasteiger partial charge is 0.454 e. The molecule has 2 aliphatic carbocycles. The van der Waals surface area contributed by atoms with Gasteiger partial charge in [-0.25, -0.2) is 0 Å². The number of nitrogens with zero attached hydrogens (tertiary/aromatic N) is 2. The SMILES string of the molecule is c1ccc(C2(C3(c4ccccc4)c4ccc5ccccc5c4-c4c3cc(N(c3cccc5c3oc3ccccc35)c3cccc5c3oc3ccccc35)c3ccccc43)c3ccc4ccccc4c3-c3c2cc(N(c2cccc4c2oc2ccccc24)c2cccc4c2oc2ccccc24)c2ccccc32)cc1. The lowest BCUT2D eigenvalue weighted by Gasteiger charge is -2.51. The summed E-state index contributed by atoms with van der Waals surface area (Å²) in [5.41, 5.74) is 21.1. The summed E-state index contributed by atoms with van der Waals surface area (Å²) in [6, 6.07) is 135. The highest BCUT2D eigenvalue weighted by Gasteiger charge is 2.65. The maximum Gasteiger partial charge on any atom is 0.159 e. The van der Waals surface area contributed by atoms with Gasteiger partial charge in [0.1, 0.15) is 22.3 Å². The lowest BCUT2D eigenvalue weighted by Crippen LogP contribution is -2.50. The van der Waals surface area contributed by atoms with Gasteiger partial charge in [-0.15, -0.1) is 0 Å². The fraction of sp³-hybridized carbons (Fsp3) is 0.0196. The van der Waals surface area contributed by atoms with Crippen LogP contribution in [0, 0.1) is 0 Å². The minimum Gasteiger partial charge on any atom is -0.454 e. The smallest absolute Gasteiger partial charge is 0.159 e. The molecular formula is C102H60N2O4. The Balaban J connectivity index is 0.920. The molecule has 502 valence electrons. The van der Waals surface area contributed by atoms with E-state index in [0.29, 0.717) is 0 Å². The van der Waals surface area contributed by atoms with Crippen molar-refractivity contribution in [2.45, 2.75) is 10.8 Å². The van der Waals surface area contributed by atoms with E-state index >= 15 is 0 Å². The summed E-state index contributed by atoms with van der Waals surface area (Å²) < 4.78 is 29.1. The van der Waals surface area contributed by atoms with Crippen molar-refractivity contribution in [1.29, 1.82) is 0 Å². The van der Waals surface area contributed by atoms with Crippen LogP contribution in [0.3, 0.4) is 0 Å². The zero-order valence-electron chi connectivity index (χ0n) is 58.2. The molecule has 4 heterocycles. The summed E-state index contributed by atoms with van der Waals surface area (Å²) in [6.45, 7) is 0. The first-order valence-corrected chi connectivity index (χ1v) is 37.1. The maximum absolute atomic E-state index is 7.28. The van der Waals surface area contributed by atoms with Crippen molar-refractivity contribution in [3.05, 3.63) is 397 Å². The molecule has 18 aromatic carbocycles. The van der Waals surface area contributed by atoms with Crippen molar-refractivity contribution in [1.82, 2.24) is 0 Å². The molecule has 0 radical (unpaired) electrons. The molecule has 2 aliphatic rings. The lowest BCUT2D eigenvalue weighted by atomic mass is 9.49. The van der Waals surface area contributed by atoms with Gasteiger partial charge in [-0.3, -0.25) is 0 Å². The topological polar surface area (TPSA) is 59.0 Å². The van der Waals surface area contributed by atoms with E-state index in [-0.39, 0.29) is 0 Å². The molecule has 0 amide bonds. The molecular weight excluding hydrogens is 1320 g/mol. The van der Waals surface area contributed by atoms with E-state index < -0.39 is 10.8 Å². The first-order chi connectivity index (χ1) is 53.6. The van der Waals surface area contributed by atoms with E-state index in [1.807, 2.05) is 0 Å². The summed E-state index contributed by atoms with van der Waals surface area (Å²) >= 11 is 0. The minimum absolute atomic E-state index is 0.770. The molecule has 0 bridgehead atoms. The van der Waals surface area contributed by atoms with Crippen LogP contribution >= 0.6 is 0 Å². The van der Waals surface area contributed by atoms with Crippen molar-refractivity contribution in [2.24, 2.45) is 0 Å². The van der Waals surface area contributed by atoms with Crippen molar-refractivity contribution >= 4 is 165 Å². The molecule has 6 nitrogen and oxygen atoms in total. The number of benzene rings is 18. The van der Waals surface area contributed by atoms with Gasteiger partial charge in [0, 0.05) is 53.9 Å². The van der Waals surface area contributed by atoms with Crippen molar-refractivity contribution in [2.75, 3.05) is 9.80 Å². The van der Waals surface area contributed by atoms with E-state index in [4.69, 9.17) is 17.7 Å². The van der Waals surface area contributed by atoms with Gasteiger partial charge in [-0.05, 0) is 149 Å². The Labute approximate surface area is 619 Å². The van der Waals surface area contributed by atoms with Crippen molar-refractivity contribution < 1.29 is 17.7 Å². The summed E-state index contributed by atoms with van der Waals surface area (Å²) in [5.74, 6) is 0. The van der Waals surface area contributed by atoms with Crippen LogP contribution in [0.4, 0.5) is 34.1 Å². The van der Waals surface area contributed by atoms with Gasteiger partial charge >= 0.3 is 0 Å². The fourth-order valence-electron chi connectivity index (χ4n) is 19.9. The van der Waals surface area contributed by atoms with Crippen LogP contribution in [0.25, 0.3) is 153 Å². The Morgan fingerprint density at radius 2 is 0.435 bits per heavy atom. The normalized spacial score (nSPS) is 15.3. The predicted octanol–water partition coefficient (Wildman–Crippen LogP) is 28.2. The Kier molecular flexibility index (Phi) is 12.2. The molecule has 4 aromatic heterocycles. The maximum atomic E-state index is 7.28. The Morgan fingerprint density at radius 1 is 0.176 bits per heavy atom. The first kappa shape index (κ1) is 59.2. The van der Waals surface area contributed by atoms with Crippen LogP contribution in [-0.4, -0.2) is 0 Å². The average Bonchev–Trinajstić information content (AvgIpc) is 1.46. The fourth-order valence-corrected chi connectivity index (χ4v) is 19.9. The van der Waals surface area contributed by atoms with Gasteiger partial charge < -0.3 is 27.5 Å². The molecule has 22 aromatic rings. The summed E-state index contributed by atoms with van der Waals surface area (Å²) in [6.07, 6.45) is 0. The predicted molar refractivity (Wildman–Crippen MR) is 445 cm³/mol. The highest BCUT2D eigenvalue weighted by Crippen LogP contribution is 2.73. The lowest BCUT2D eigenvalue weighted by molar-refractivity contribution is 0.438. The molecule has 0 saturated heterocycles. The number of anilines is 6. The van der Waals surface area contributed by atoms with Gasteiger partial charge in [0.25, 0.3) is 0 Å². The summed E-state index contributed by atoms with van der Waals surface area (Å²) in [7, 11) is 0. The summed E-state index contributed by atoms with van der Waals surface area (Å²) in [5, 5.41) is 17.3. The van der Waals surface area contributed by atoms with Crippen molar-refractivity contribution in [3.8, 4) is 22.3 Å². The number of hydrogen-bond donors (Lipinski definition) is 0. The monoisotopic (exact) mass is 1380 g/mol. The third kappa shape index (κ3) is 7.74. The first-order valence-electron chi connectivity index (χ1n) is 37.1. The number of hydrogen-bond acceptors (Lipinski definition) is 6. The van der Waals surface area contributed by atoms with E-state index in [0.717, 1.165) is 176 Å². The average molecular weight is 1380 g/mol. The Morgan fingerprint density at radius 3 is 0.769 bits per heavy atom. The standard InChI is InChI=1S/C102H60N2O4/c1-3-29-63(30-4-1)101(79-57-55-61-27-7-9-33-65(61)93(79)95-73-41-13-11-35-67(73)87(59-81(95)101)103(83-47-23-43-75-69-37-15-19-51-89(69)105-97(75)83)84-48-24-44-76-70-38-16-20-52-90(70)106-98(76)84)102(64-31-5-2-6-32-64)80-58-56-62-28-8-10-34-66(62)94(80)96-74-42-14-12-36-68(74)88(60-82(96)102)104(85-49-25-45-77-71-39-17-21-53-91(71)107-99(77)85)86-50-26-46-78-72-40-18-22-54-92(72)108-100(78)86/h1-60H. The van der Waals surface area contributed by atoms with Gasteiger partial charge in [0.15, 0.2) is 22.3 Å². The zero-order chi connectivity index (χ0) is 70.5. The van der Waals surface area contributed by atoms with Gasteiger partial charge in [-0.1, -0.05) is 303 Å². The second kappa shape index (κ2) is 22.2. The van der Waals surface area contributed by atoms with Gasteiger partial charge in [-0.2, -0.15) is 0 Å². The van der Waals surface area contributed by atoms with Gasteiger partial charge in [0.05, 0.1) is 45.0 Å². The van der Waals surface area contributed by atoms with Crippen LogP contribution in [0.15, 0.2) is 382 Å². The molecule has 0 N–H and O–H groups in total. The number of furan rings is 4. The number of rotatable bonds is 9. The second-order valence-corrected chi connectivity index (χ2v) is 29.1. The highest BCUT2D eigenvalue weighted by molar-refractivity contribution is 6.24. The molecule has 0 spiro atoms. The van der Waals surface area contributed by atoms with Crippen LogP contribution in [-0.2, 0) is 10.8 Å². The molecule has 24 rings (SSSR count). The van der Waals surface area contributed by atoms with Crippen molar-refractivity contribution in [3.63, 3.8) is 0 Å². The van der Waals surface area contributed by atoms with Crippen LogP contribution in [0.2, 0.25) is 0 Å². The minimum atomic E-state index is -1.17. The third-order valence-corrected chi connectivity index (χ3v) is 24.0. The molecule has 0 saturated carbocycles. The quantitative estimate of drug-likeness (QED) is 0.144. The molecule has 0 fully saturated rings. The third-order valence-electron chi connectivity index (χ3n) is 24.0. The summed E-state index contributed by atoms with van der Waals surface area (Å²) in [4.78, 5) is 4.93. The Bertz CT molecular complexity index is 6930. The number of para-hydroxylation sites is 8. The van der Waals surface area contributed by atoms with E-state index in [2.05, 4.69) is 374 Å². The van der Waals surface area contributed by atoms with Crippen LogP contribution < -0.4 is 9.80 Å². The Hall–Kier alpha value is -14.2. The van der Waals surface area contributed by atoms with E-state index in [1.165, 1.54) is 44.2 Å². The molecule has 2 atom stereocenters. The molecule has 2 unspecified atom stereocenters. The van der Waals surface area contributed by atoms with Crippen LogP contribution in [0.5, 0.6) is 0 Å². The molecule has 108 heavy (non-hydrogen) atoms. The second-order valence-electron chi connectivity index (χ2n) is 29.1. The van der Waals surface area contributed by atoms with Crippen LogP contribution in [0.1, 0.15) is 33.4 Å². The highest BCUT2D eigenvalue weighted by atomic mass is 16.3. The number of fused-ring (bicyclic) bond motifs is 26. The van der Waals surface area contributed by atoms with Gasteiger partial charge in [0.2, 0.25) is 0 Å². The van der Waals surface area contributed by atoms with E-state index in [9.17, 15) is 0 Å². The zero-order valence-corrected chi connectivity index (χ0v) is 58.2. The van der Waals surface area contributed by atoms with E-state index in [1.54, 1.807) is 0 Å². The molecule has 6 heteroatoms. The molecule has 0 aliphatic heterocycles.